The third-order valence-corrected chi connectivity index (χ3v) is 10.2. The molecule has 6 rings (SSSR count). The van der Waals surface area contributed by atoms with E-state index in [1.807, 2.05) is 22.1 Å². The van der Waals surface area contributed by atoms with Gasteiger partial charge in [0.15, 0.2) is 0 Å². The Morgan fingerprint density at radius 3 is 2.64 bits per heavy atom. The van der Waals surface area contributed by atoms with E-state index >= 15 is 0 Å². The Balaban J connectivity index is 1.31. The van der Waals surface area contributed by atoms with Gasteiger partial charge in [0.2, 0.25) is 11.9 Å². The smallest absolute Gasteiger partial charge is 0.246 e. The van der Waals surface area contributed by atoms with Gasteiger partial charge in [0.1, 0.15) is 27.6 Å². The number of carbonyl (C=O) groups is 1. The van der Waals surface area contributed by atoms with Crippen LogP contribution in [0.5, 0.6) is 0 Å². The number of hydrogen-bond donors (Lipinski definition) is 1. The van der Waals surface area contributed by atoms with Crippen LogP contribution in [0.3, 0.4) is 0 Å². The molecule has 0 saturated carbocycles. The number of anilines is 4. The molecule has 3 fully saturated rings. The largest absolute Gasteiger partial charge is 0.378 e. The predicted molar refractivity (Wildman–Crippen MR) is 169 cm³/mol. The van der Waals surface area contributed by atoms with E-state index in [0.29, 0.717) is 43.6 Å². The first kappa shape index (κ1) is 30.2. The van der Waals surface area contributed by atoms with Gasteiger partial charge in [-0.15, -0.1) is 0 Å². The van der Waals surface area contributed by atoms with E-state index in [-0.39, 0.29) is 36.2 Å². The van der Waals surface area contributed by atoms with Gasteiger partial charge >= 0.3 is 0 Å². The number of benzene rings is 1. The minimum atomic E-state index is -3.08. The second-order valence-electron chi connectivity index (χ2n) is 12.0. The van der Waals surface area contributed by atoms with E-state index in [4.69, 9.17) is 9.72 Å². The van der Waals surface area contributed by atoms with Gasteiger partial charge in [-0.05, 0) is 55.0 Å². The van der Waals surface area contributed by atoms with E-state index in [2.05, 4.69) is 45.8 Å². The molecule has 1 aromatic carbocycles. The molecule has 0 unspecified atom stereocenters. The molecule has 1 N–H and O–H groups in total. The number of fused-ring (bicyclic) bond motifs is 1. The van der Waals surface area contributed by atoms with E-state index in [1.54, 1.807) is 12.3 Å². The molecule has 5 heterocycles. The normalized spacial score (nSPS) is 25.4. The zero-order valence-corrected chi connectivity index (χ0v) is 26.0. The molecule has 13 heteroatoms. The van der Waals surface area contributed by atoms with Gasteiger partial charge in [-0.3, -0.25) is 4.79 Å². The van der Waals surface area contributed by atoms with Crippen LogP contribution in [0.4, 0.5) is 27.7 Å². The Hall–Kier alpha value is -3.84. The lowest BCUT2D eigenvalue weighted by atomic mass is 9.87. The number of methoxy groups -OCH3 is 1. The van der Waals surface area contributed by atoms with Gasteiger partial charge in [-0.2, -0.15) is 4.98 Å². The van der Waals surface area contributed by atoms with Crippen LogP contribution < -0.4 is 15.1 Å². The van der Waals surface area contributed by atoms with Gasteiger partial charge in [0.25, 0.3) is 0 Å². The first-order valence-electron chi connectivity index (χ1n) is 14.9. The number of ether oxygens (including phenoxy) is 1. The number of rotatable bonds is 9. The van der Waals surface area contributed by atoms with Gasteiger partial charge in [0, 0.05) is 68.4 Å². The second kappa shape index (κ2) is 11.9. The molecule has 1 amide bonds. The molecule has 3 aliphatic heterocycles. The highest BCUT2D eigenvalue weighted by Gasteiger charge is 2.39. The summed E-state index contributed by atoms with van der Waals surface area (Å²) < 4.78 is 43.7. The van der Waals surface area contributed by atoms with E-state index in [1.165, 1.54) is 19.4 Å². The molecular formula is C31H38FN7O4S. The summed E-state index contributed by atoms with van der Waals surface area (Å²) in [5, 5.41) is 5.16. The van der Waals surface area contributed by atoms with Crippen molar-refractivity contribution in [2.24, 2.45) is 5.92 Å². The van der Waals surface area contributed by atoms with Crippen molar-refractivity contribution in [3.8, 4) is 0 Å². The highest BCUT2D eigenvalue weighted by Crippen LogP contribution is 2.43. The summed E-state index contributed by atoms with van der Waals surface area (Å²) in [7, 11) is -1.55. The van der Waals surface area contributed by atoms with Crippen LogP contribution in [-0.4, -0.2) is 97.8 Å². The fourth-order valence-electron chi connectivity index (χ4n) is 6.57. The molecule has 11 nitrogen and oxygen atoms in total. The topological polar surface area (TPSA) is 121 Å². The summed E-state index contributed by atoms with van der Waals surface area (Å²) in [6.45, 7) is 7.76. The number of nitrogens with zero attached hydrogens (tertiary/aromatic N) is 6. The molecule has 0 spiro atoms. The van der Waals surface area contributed by atoms with Crippen molar-refractivity contribution < 1.29 is 22.3 Å². The van der Waals surface area contributed by atoms with Crippen LogP contribution in [0, 0.1) is 5.92 Å². The number of piperidine rings is 1. The fourth-order valence-corrected chi connectivity index (χ4v) is 7.73. The third-order valence-electron chi connectivity index (χ3n) is 9.15. The fraction of sp³-hybridized carbons (Fsp3) is 0.484. The lowest BCUT2D eigenvalue weighted by Crippen LogP contribution is -2.57. The van der Waals surface area contributed by atoms with Gasteiger partial charge in [-0.1, -0.05) is 12.6 Å². The molecule has 0 bridgehead atoms. The Labute approximate surface area is 257 Å². The molecule has 44 heavy (non-hydrogen) atoms. The minimum Gasteiger partial charge on any atom is -0.378 e. The third kappa shape index (κ3) is 5.82. The summed E-state index contributed by atoms with van der Waals surface area (Å²) >= 11 is 0. The summed E-state index contributed by atoms with van der Waals surface area (Å²) in [5.41, 5.74) is 1.99. The number of likely N-dealkylation sites (tertiary alicyclic amines) is 1. The average Bonchev–Trinajstić information content (AvgIpc) is 2.98. The molecule has 3 aliphatic rings. The number of carbonyl (C=O) groups excluding carboxylic acids is 1. The number of amides is 1. The highest BCUT2D eigenvalue weighted by molar-refractivity contribution is 7.90. The molecule has 2 aromatic heterocycles. The van der Waals surface area contributed by atoms with Crippen molar-refractivity contribution in [3.63, 3.8) is 0 Å². The lowest BCUT2D eigenvalue weighted by Gasteiger charge is -2.48. The number of nitrogens with one attached hydrogen (secondary N) is 1. The molecule has 234 valence electrons. The summed E-state index contributed by atoms with van der Waals surface area (Å²) in [6, 6.07) is 7.78. The van der Waals surface area contributed by atoms with Crippen LogP contribution in [0.1, 0.15) is 31.4 Å². The van der Waals surface area contributed by atoms with Gasteiger partial charge in [-0.25, -0.2) is 22.8 Å². The number of alkyl halides is 1. The van der Waals surface area contributed by atoms with Crippen molar-refractivity contribution in [2.75, 3.05) is 60.4 Å². The van der Waals surface area contributed by atoms with E-state index in [0.717, 1.165) is 28.4 Å². The van der Waals surface area contributed by atoms with Crippen LogP contribution in [0.15, 0.2) is 49.3 Å². The quantitative estimate of drug-likeness (QED) is 0.354. The molecule has 5 atom stereocenters. The van der Waals surface area contributed by atoms with Crippen LogP contribution >= 0.6 is 0 Å². The zero-order valence-electron chi connectivity index (χ0n) is 25.2. The number of sulfone groups is 1. The number of halogens is 1. The Bertz CT molecular complexity index is 1690. The molecule has 3 aromatic rings. The van der Waals surface area contributed by atoms with Gasteiger partial charge < -0.3 is 24.8 Å². The molecule has 0 aliphatic carbocycles. The average molecular weight is 624 g/mol. The summed E-state index contributed by atoms with van der Waals surface area (Å²) in [6.07, 6.45) is 5.91. The SMILES string of the molecule is C=CC(=O)N1CC[C@H]1c1ccc(N2C[C@H](CS(C)(=O)=O)[C@H]2C)c2cnc(Nc3ccnc(N4CC[C@H](OC)[C@H](F)C4)n3)cc12. The van der Waals surface area contributed by atoms with Crippen molar-refractivity contribution >= 4 is 49.8 Å². The highest BCUT2D eigenvalue weighted by atomic mass is 32.2. The number of aromatic nitrogens is 3. The van der Waals surface area contributed by atoms with Crippen LogP contribution in [0.25, 0.3) is 10.8 Å². The monoisotopic (exact) mass is 623 g/mol. The molecule has 0 radical (unpaired) electrons. The van der Waals surface area contributed by atoms with E-state index < -0.39 is 22.1 Å². The second-order valence-corrected chi connectivity index (χ2v) is 14.2. The Morgan fingerprint density at radius 1 is 1.16 bits per heavy atom. The summed E-state index contributed by atoms with van der Waals surface area (Å²) in [4.78, 5) is 32.1. The summed E-state index contributed by atoms with van der Waals surface area (Å²) in [5.74, 6) is 1.63. The minimum absolute atomic E-state index is 0.0523. The van der Waals surface area contributed by atoms with Crippen molar-refractivity contribution in [1.82, 2.24) is 19.9 Å². The maximum atomic E-state index is 14.5. The van der Waals surface area contributed by atoms with Crippen LogP contribution in [-0.2, 0) is 19.4 Å². The van der Waals surface area contributed by atoms with Crippen molar-refractivity contribution in [2.45, 2.75) is 44.1 Å². The predicted octanol–water partition coefficient (Wildman–Crippen LogP) is 3.66. The zero-order chi connectivity index (χ0) is 31.2. The molecule has 3 saturated heterocycles. The maximum absolute atomic E-state index is 14.5. The van der Waals surface area contributed by atoms with Crippen molar-refractivity contribution in [1.29, 1.82) is 0 Å². The first-order valence-corrected chi connectivity index (χ1v) is 16.9. The van der Waals surface area contributed by atoms with E-state index in [9.17, 15) is 17.6 Å². The first-order chi connectivity index (χ1) is 21.1. The molecular weight excluding hydrogens is 585 g/mol. The lowest BCUT2D eigenvalue weighted by molar-refractivity contribution is -0.133. The van der Waals surface area contributed by atoms with Crippen molar-refractivity contribution in [3.05, 3.63) is 54.9 Å². The maximum Gasteiger partial charge on any atom is 0.246 e. The Morgan fingerprint density at radius 2 is 1.98 bits per heavy atom. The van der Waals surface area contributed by atoms with Gasteiger partial charge in [0.05, 0.1) is 24.4 Å². The Kier molecular flexibility index (Phi) is 8.18. The number of pyridine rings is 1. The standard InChI is InChI=1S/C31H38FN7O4S/c1-5-30(40)38-13-9-26(38)21-6-7-25(39-16-20(19(39)2)18-44(4,41)42)23-15-34-29(14-22(21)23)35-28-8-11-33-31(36-28)37-12-10-27(43-3)24(32)17-37/h5-8,11,14-15,19-20,24,26-27H,1,9-10,12-13,16-18H2,2-4H3,(H,33,34,35,36)/t19-,20-,24-,26+,27+/m1/s1. The number of hydrogen-bond acceptors (Lipinski definition) is 10. The van der Waals surface area contributed by atoms with Crippen LogP contribution in [0.2, 0.25) is 0 Å².